The third-order valence-corrected chi connectivity index (χ3v) is 3.92. The van der Waals surface area contributed by atoms with E-state index in [-0.39, 0.29) is 5.91 Å². The van der Waals surface area contributed by atoms with Crippen LogP contribution in [-0.4, -0.2) is 20.1 Å². The Kier molecular flexibility index (Phi) is 5.96. The average Bonchev–Trinajstić information content (AvgIpc) is 2.56. The van der Waals surface area contributed by atoms with Crippen molar-refractivity contribution in [2.45, 2.75) is 20.8 Å². The van der Waals surface area contributed by atoms with Gasteiger partial charge in [-0.1, -0.05) is 44.5 Å². The molecule has 25 heavy (non-hydrogen) atoms. The summed E-state index contributed by atoms with van der Waals surface area (Å²) in [6, 6.07) is 11.0. The smallest absolute Gasteiger partial charge is 0.229 e. The number of para-hydroxylation sites is 1. The summed E-state index contributed by atoms with van der Waals surface area (Å²) in [7, 11) is 3.19. The molecule has 0 aliphatic carbocycles. The molecule has 1 radical (unpaired) electrons. The molecule has 0 heterocycles. The van der Waals surface area contributed by atoms with Gasteiger partial charge in [-0.2, -0.15) is 0 Å². The molecule has 0 atom stereocenters. The van der Waals surface area contributed by atoms with E-state index in [2.05, 4.69) is 5.32 Å². The molecule has 5 heteroatoms. The lowest BCUT2D eigenvalue weighted by atomic mass is 9.95. The van der Waals surface area contributed by atoms with Crippen LogP contribution in [0.15, 0.2) is 36.4 Å². The molecule has 0 aliphatic heterocycles. The zero-order chi connectivity index (χ0) is 18.6. The predicted octanol–water partition coefficient (Wildman–Crippen LogP) is 4.94. The molecule has 4 nitrogen and oxygen atoms in total. The fraction of sp³-hybridized carbons (Fsp3) is 0.300. The molecule has 0 bridgehead atoms. The second-order valence-electron chi connectivity index (χ2n) is 6.66. The molecule has 2 aromatic carbocycles. The van der Waals surface area contributed by atoms with Crippen LogP contribution in [0.4, 0.5) is 5.69 Å². The zero-order valence-corrected chi connectivity index (χ0v) is 15.9. The maximum Gasteiger partial charge on any atom is 0.229 e. The van der Waals surface area contributed by atoms with Gasteiger partial charge in [-0.3, -0.25) is 4.79 Å². The lowest BCUT2D eigenvalue weighted by molar-refractivity contribution is -0.123. The topological polar surface area (TPSA) is 47.6 Å². The number of anilines is 1. The van der Waals surface area contributed by atoms with Crippen molar-refractivity contribution < 1.29 is 14.3 Å². The number of hydrogen-bond donors (Lipinski definition) is 1. The molecule has 1 N–H and O–H groups in total. The summed E-state index contributed by atoms with van der Waals surface area (Å²) in [5.74, 6) is 1.19. The Balaban J connectivity index is 2.40. The molecule has 0 unspecified atom stereocenters. The first-order valence-corrected chi connectivity index (χ1v) is 8.31. The quantitative estimate of drug-likeness (QED) is 0.821. The highest BCUT2D eigenvalue weighted by Crippen LogP contribution is 2.35. The largest absolute Gasteiger partial charge is 0.493 e. The van der Waals surface area contributed by atoms with Crippen molar-refractivity contribution in [3.05, 3.63) is 59.0 Å². The lowest BCUT2D eigenvalue weighted by Gasteiger charge is -2.20. The van der Waals surface area contributed by atoms with Gasteiger partial charge in [0, 0.05) is 28.1 Å². The SMILES string of the molecule is COc1cccc([CH]c2cc(Cl)ccc2NC(=O)C(C)(C)C)c1OC. The van der Waals surface area contributed by atoms with E-state index in [4.69, 9.17) is 21.1 Å². The minimum atomic E-state index is -0.495. The van der Waals surface area contributed by atoms with E-state index in [9.17, 15) is 4.79 Å². The third kappa shape index (κ3) is 4.67. The second-order valence-corrected chi connectivity index (χ2v) is 7.10. The third-order valence-electron chi connectivity index (χ3n) is 3.69. The Morgan fingerprint density at radius 2 is 1.80 bits per heavy atom. The Morgan fingerprint density at radius 1 is 1.08 bits per heavy atom. The van der Waals surface area contributed by atoms with E-state index >= 15 is 0 Å². The zero-order valence-electron chi connectivity index (χ0n) is 15.1. The molecule has 0 aliphatic rings. The molecule has 0 saturated carbocycles. The maximum absolute atomic E-state index is 12.3. The summed E-state index contributed by atoms with van der Waals surface area (Å²) < 4.78 is 10.8. The number of nitrogens with one attached hydrogen (secondary N) is 1. The number of amides is 1. The summed E-state index contributed by atoms with van der Waals surface area (Å²) >= 11 is 6.15. The summed E-state index contributed by atoms with van der Waals surface area (Å²) in [4.78, 5) is 12.3. The van der Waals surface area contributed by atoms with Gasteiger partial charge < -0.3 is 14.8 Å². The first-order chi connectivity index (χ1) is 11.8. The molecule has 133 valence electrons. The molecule has 2 aromatic rings. The van der Waals surface area contributed by atoms with Crippen LogP contribution in [0.1, 0.15) is 31.9 Å². The highest BCUT2D eigenvalue weighted by molar-refractivity contribution is 6.30. The van der Waals surface area contributed by atoms with E-state index < -0.39 is 5.41 Å². The first-order valence-electron chi connectivity index (χ1n) is 7.93. The molecule has 0 saturated heterocycles. The number of carbonyl (C=O) groups excluding carboxylic acids is 1. The van der Waals surface area contributed by atoms with Crippen LogP contribution in [0.3, 0.4) is 0 Å². The van der Waals surface area contributed by atoms with E-state index in [0.29, 0.717) is 22.2 Å². The minimum absolute atomic E-state index is 0.0675. The highest BCUT2D eigenvalue weighted by Gasteiger charge is 2.22. The number of benzene rings is 2. The number of hydrogen-bond acceptors (Lipinski definition) is 3. The maximum atomic E-state index is 12.3. The fourth-order valence-electron chi connectivity index (χ4n) is 2.27. The van der Waals surface area contributed by atoms with E-state index in [0.717, 1.165) is 11.1 Å². The molecular formula is C20H23ClNO3. The number of methoxy groups -OCH3 is 2. The van der Waals surface area contributed by atoms with E-state index in [1.165, 1.54) is 0 Å². The van der Waals surface area contributed by atoms with Crippen LogP contribution in [-0.2, 0) is 4.79 Å². The summed E-state index contributed by atoms with van der Waals surface area (Å²) in [6.45, 7) is 5.60. The van der Waals surface area contributed by atoms with Gasteiger partial charge in [0.15, 0.2) is 11.5 Å². The van der Waals surface area contributed by atoms with Gasteiger partial charge in [0.05, 0.1) is 14.2 Å². The standard InChI is InChI=1S/C20H23ClNO3/c1-20(2,3)19(23)22-16-10-9-15(21)12-14(16)11-13-7-6-8-17(24-4)18(13)25-5/h6-12H,1-5H3,(H,22,23). The Morgan fingerprint density at radius 3 is 2.40 bits per heavy atom. The number of rotatable bonds is 5. The Bertz CT molecular complexity index is 766. The van der Waals surface area contributed by atoms with E-state index in [1.807, 2.05) is 45.4 Å². The van der Waals surface area contributed by atoms with Crippen molar-refractivity contribution in [2.75, 3.05) is 19.5 Å². The van der Waals surface area contributed by atoms with Crippen molar-refractivity contribution in [3.8, 4) is 11.5 Å². The van der Waals surface area contributed by atoms with Crippen LogP contribution < -0.4 is 14.8 Å². The summed E-state index contributed by atoms with van der Waals surface area (Å²) in [5, 5.41) is 3.55. The van der Waals surface area contributed by atoms with Gasteiger partial charge >= 0.3 is 0 Å². The number of carbonyl (C=O) groups is 1. The molecule has 2 rings (SSSR count). The van der Waals surface area contributed by atoms with Gasteiger partial charge in [-0.15, -0.1) is 0 Å². The van der Waals surface area contributed by atoms with Crippen LogP contribution in [0, 0.1) is 11.8 Å². The molecule has 0 fully saturated rings. The van der Waals surface area contributed by atoms with Gasteiger partial charge in [-0.05, 0) is 29.8 Å². The summed E-state index contributed by atoms with van der Waals surface area (Å²) in [5.41, 5.74) is 1.81. The van der Waals surface area contributed by atoms with Gasteiger partial charge in [0.25, 0.3) is 0 Å². The lowest BCUT2D eigenvalue weighted by Crippen LogP contribution is -2.28. The van der Waals surface area contributed by atoms with Crippen molar-refractivity contribution in [1.82, 2.24) is 0 Å². The Labute approximate surface area is 154 Å². The fourth-order valence-corrected chi connectivity index (χ4v) is 2.45. The molecule has 1 amide bonds. The summed E-state index contributed by atoms with van der Waals surface area (Å²) in [6.07, 6.45) is 1.91. The van der Waals surface area contributed by atoms with Crippen molar-refractivity contribution in [3.63, 3.8) is 0 Å². The van der Waals surface area contributed by atoms with Gasteiger partial charge in [0.1, 0.15) is 0 Å². The minimum Gasteiger partial charge on any atom is -0.493 e. The molecule has 0 aromatic heterocycles. The van der Waals surface area contributed by atoms with Crippen molar-refractivity contribution in [2.24, 2.45) is 5.41 Å². The first kappa shape index (κ1) is 19.1. The number of halogens is 1. The van der Waals surface area contributed by atoms with E-state index in [1.54, 1.807) is 32.4 Å². The highest BCUT2D eigenvalue weighted by atomic mass is 35.5. The molecular weight excluding hydrogens is 338 g/mol. The number of ether oxygens (including phenoxy) is 2. The predicted molar refractivity (Wildman–Crippen MR) is 102 cm³/mol. The van der Waals surface area contributed by atoms with Gasteiger partial charge in [0.2, 0.25) is 5.91 Å². The van der Waals surface area contributed by atoms with Crippen LogP contribution in [0.2, 0.25) is 5.02 Å². The van der Waals surface area contributed by atoms with Crippen LogP contribution >= 0.6 is 11.6 Å². The van der Waals surface area contributed by atoms with Crippen molar-refractivity contribution in [1.29, 1.82) is 0 Å². The molecule has 0 spiro atoms. The average molecular weight is 361 g/mol. The second kappa shape index (κ2) is 7.79. The normalized spacial score (nSPS) is 11.1. The van der Waals surface area contributed by atoms with Crippen molar-refractivity contribution >= 4 is 23.2 Å². The van der Waals surface area contributed by atoms with Crippen LogP contribution in [0.5, 0.6) is 11.5 Å². The van der Waals surface area contributed by atoms with Gasteiger partial charge in [-0.25, -0.2) is 0 Å². The Hall–Kier alpha value is -2.20. The van der Waals surface area contributed by atoms with Crippen LogP contribution in [0.25, 0.3) is 0 Å². The monoisotopic (exact) mass is 360 g/mol.